The molecule has 0 bridgehead atoms. The average molecular weight is 312 g/mol. The number of benzene rings is 1. The van der Waals surface area contributed by atoms with Gasteiger partial charge in [-0.3, -0.25) is 14.5 Å². The van der Waals surface area contributed by atoms with Gasteiger partial charge in [-0.2, -0.15) is 0 Å². The molecular weight excluding hydrogens is 294 g/mol. The highest BCUT2D eigenvalue weighted by atomic mass is 35.5. The van der Waals surface area contributed by atoms with Gasteiger partial charge in [0, 0.05) is 17.3 Å². The van der Waals surface area contributed by atoms with Crippen molar-refractivity contribution in [2.24, 2.45) is 5.73 Å². The Labute approximate surface area is 127 Å². The van der Waals surface area contributed by atoms with Crippen LogP contribution in [0.1, 0.15) is 12.0 Å². The Balaban J connectivity index is 2.01. The van der Waals surface area contributed by atoms with Gasteiger partial charge < -0.3 is 16.2 Å². The van der Waals surface area contributed by atoms with E-state index in [1.54, 1.807) is 23.1 Å². The summed E-state index contributed by atoms with van der Waals surface area (Å²) in [6.07, 6.45) is -0.373. The van der Waals surface area contributed by atoms with Crippen molar-refractivity contribution in [2.75, 3.05) is 18.4 Å². The molecule has 2 atom stereocenters. The lowest BCUT2D eigenvalue weighted by atomic mass is 10.2. The number of nitrogens with two attached hydrogens (primary N) is 1. The molecule has 0 aliphatic carbocycles. The zero-order valence-electron chi connectivity index (χ0n) is 11.7. The van der Waals surface area contributed by atoms with E-state index in [-0.39, 0.29) is 25.4 Å². The van der Waals surface area contributed by atoms with Crippen LogP contribution in [-0.4, -0.2) is 47.1 Å². The zero-order valence-corrected chi connectivity index (χ0v) is 12.4. The molecule has 1 heterocycles. The number of primary amides is 1. The van der Waals surface area contributed by atoms with Crippen LogP contribution < -0.4 is 11.1 Å². The number of anilines is 1. The second-order valence-electron chi connectivity index (χ2n) is 5.20. The minimum atomic E-state index is -0.636. The smallest absolute Gasteiger partial charge is 0.238 e. The van der Waals surface area contributed by atoms with Gasteiger partial charge in [-0.1, -0.05) is 17.7 Å². The van der Waals surface area contributed by atoms with E-state index in [1.807, 2.05) is 6.92 Å². The third-order valence-corrected chi connectivity index (χ3v) is 4.01. The molecule has 2 amide bonds. The lowest BCUT2D eigenvalue weighted by Crippen LogP contribution is -2.44. The van der Waals surface area contributed by atoms with Gasteiger partial charge in [-0.05, 0) is 31.0 Å². The van der Waals surface area contributed by atoms with Crippen LogP contribution in [0.2, 0.25) is 5.02 Å². The summed E-state index contributed by atoms with van der Waals surface area (Å²) in [6, 6.07) is 4.64. The summed E-state index contributed by atoms with van der Waals surface area (Å²) in [6.45, 7) is 2.07. The molecule has 114 valence electrons. The highest BCUT2D eigenvalue weighted by molar-refractivity contribution is 6.31. The van der Waals surface area contributed by atoms with Gasteiger partial charge in [-0.25, -0.2) is 0 Å². The number of hydrogen-bond acceptors (Lipinski definition) is 4. The highest BCUT2D eigenvalue weighted by Crippen LogP contribution is 2.23. The lowest BCUT2D eigenvalue weighted by Gasteiger charge is -2.21. The molecule has 0 unspecified atom stereocenters. The van der Waals surface area contributed by atoms with Crippen LogP contribution in [0.4, 0.5) is 5.69 Å². The van der Waals surface area contributed by atoms with Gasteiger partial charge in [0.25, 0.3) is 0 Å². The molecule has 21 heavy (non-hydrogen) atoms. The highest BCUT2D eigenvalue weighted by Gasteiger charge is 2.35. The summed E-state index contributed by atoms with van der Waals surface area (Å²) in [7, 11) is 0. The molecular formula is C14H18ClN3O3. The third-order valence-electron chi connectivity index (χ3n) is 3.60. The van der Waals surface area contributed by atoms with E-state index in [2.05, 4.69) is 5.32 Å². The normalized spacial score (nSPS) is 22.2. The maximum atomic E-state index is 12.1. The van der Waals surface area contributed by atoms with Crippen molar-refractivity contribution in [3.05, 3.63) is 28.8 Å². The monoisotopic (exact) mass is 311 g/mol. The second-order valence-corrected chi connectivity index (χ2v) is 5.60. The Morgan fingerprint density at radius 2 is 2.24 bits per heavy atom. The summed E-state index contributed by atoms with van der Waals surface area (Å²) in [5.74, 6) is -0.806. The number of nitrogens with one attached hydrogen (secondary N) is 1. The molecule has 1 fully saturated rings. The van der Waals surface area contributed by atoms with E-state index < -0.39 is 18.1 Å². The summed E-state index contributed by atoms with van der Waals surface area (Å²) in [5.41, 5.74) is 6.69. The first-order valence-corrected chi connectivity index (χ1v) is 7.02. The van der Waals surface area contributed by atoms with E-state index in [0.717, 1.165) is 5.56 Å². The van der Waals surface area contributed by atoms with E-state index in [1.165, 1.54) is 0 Å². The third kappa shape index (κ3) is 3.72. The Morgan fingerprint density at radius 1 is 1.52 bits per heavy atom. The number of amides is 2. The number of carbonyl (C=O) groups excluding carboxylic acids is 2. The molecule has 0 aromatic heterocycles. The SMILES string of the molecule is Cc1c(Cl)cccc1NC(=O)CN1C[C@@H](O)C[C@@H]1C(N)=O. The fourth-order valence-corrected chi connectivity index (χ4v) is 2.64. The Kier molecular flexibility index (Phi) is 4.82. The number of nitrogens with zero attached hydrogens (tertiary/aromatic N) is 1. The number of halogens is 1. The predicted molar refractivity (Wildman–Crippen MR) is 80.0 cm³/mol. The molecule has 0 saturated carbocycles. The molecule has 1 aliphatic heterocycles. The predicted octanol–water partition coefficient (Wildman–Crippen LogP) is 0.507. The first kappa shape index (κ1) is 15.8. The molecule has 2 rings (SSSR count). The molecule has 7 heteroatoms. The van der Waals surface area contributed by atoms with Crippen molar-refractivity contribution >= 4 is 29.1 Å². The average Bonchev–Trinajstić information content (AvgIpc) is 2.76. The van der Waals surface area contributed by atoms with Crippen molar-refractivity contribution in [3.8, 4) is 0 Å². The van der Waals surface area contributed by atoms with E-state index in [0.29, 0.717) is 10.7 Å². The number of rotatable bonds is 4. The first-order valence-electron chi connectivity index (χ1n) is 6.65. The maximum Gasteiger partial charge on any atom is 0.238 e. The van der Waals surface area contributed by atoms with E-state index in [4.69, 9.17) is 17.3 Å². The van der Waals surface area contributed by atoms with Crippen LogP contribution in [0.5, 0.6) is 0 Å². The summed E-state index contributed by atoms with van der Waals surface area (Å²) < 4.78 is 0. The number of β-amino-alcohol motifs (C(OH)–C–C–N with tert-alkyl or cyclic N) is 1. The number of aliphatic hydroxyl groups excluding tert-OH is 1. The van der Waals surface area contributed by atoms with Crippen molar-refractivity contribution in [2.45, 2.75) is 25.5 Å². The van der Waals surface area contributed by atoms with E-state index >= 15 is 0 Å². The minimum absolute atomic E-state index is 0.00335. The largest absolute Gasteiger partial charge is 0.392 e. The van der Waals surface area contributed by atoms with Crippen LogP contribution >= 0.6 is 11.6 Å². The van der Waals surface area contributed by atoms with Gasteiger partial charge in [0.15, 0.2) is 0 Å². The summed E-state index contributed by atoms with van der Waals surface area (Å²) >= 11 is 6.00. The van der Waals surface area contributed by atoms with Gasteiger partial charge in [0.2, 0.25) is 11.8 Å². The fourth-order valence-electron chi connectivity index (χ4n) is 2.47. The maximum absolute atomic E-state index is 12.1. The lowest BCUT2D eigenvalue weighted by molar-refractivity contribution is -0.123. The Morgan fingerprint density at radius 3 is 2.90 bits per heavy atom. The molecule has 6 nitrogen and oxygen atoms in total. The summed E-state index contributed by atoms with van der Waals surface area (Å²) in [5, 5.41) is 12.9. The molecule has 0 radical (unpaired) electrons. The zero-order chi connectivity index (χ0) is 15.6. The van der Waals surface area contributed by atoms with E-state index in [9.17, 15) is 14.7 Å². The molecule has 1 aliphatic rings. The van der Waals surface area contributed by atoms with Gasteiger partial charge >= 0.3 is 0 Å². The first-order chi connectivity index (χ1) is 9.88. The van der Waals surface area contributed by atoms with Gasteiger partial charge in [0.1, 0.15) is 0 Å². The molecule has 1 aromatic carbocycles. The van der Waals surface area contributed by atoms with Crippen LogP contribution in [0.3, 0.4) is 0 Å². The van der Waals surface area contributed by atoms with Crippen LogP contribution in [0.15, 0.2) is 18.2 Å². The molecule has 1 saturated heterocycles. The van der Waals surface area contributed by atoms with Gasteiger partial charge in [-0.15, -0.1) is 0 Å². The Hall–Kier alpha value is -1.63. The van der Waals surface area contributed by atoms with Gasteiger partial charge in [0.05, 0.1) is 18.7 Å². The van der Waals surface area contributed by atoms with Crippen LogP contribution in [0, 0.1) is 6.92 Å². The second kappa shape index (κ2) is 6.43. The van der Waals surface area contributed by atoms with Crippen molar-refractivity contribution in [1.82, 2.24) is 4.90 Å². The van der Waals surface area contributed by atoms with Crippen molar-refractivity contribution in [3.63, 3.8) is 0 Å². The quantitative estimate of drug-likeness (QED) is 0.755. The topological polar surface area (TPSA) is 95.7 Å². The Bertz CT molecular complexity index is 564. The standard InChI is InChI=1S/C14H18ClN3O3/c1-8-10(15)3-2-4-11(8)17-13(20)7-18-6-9(19)5-12(18)14(16)21/h2-4,9,12,19H,5-7H2,1H3,(H2,16,21)(H,17,20)/t9-,12+/m0/s1. The van der Waals surface area contributed by atoms with Crippen molar-refractivity contribution in [1.29, 1.82) is 0 Å². The van der Waals surface area contributed by atoms with Crippen molar-refractivity contribution < 1.29 is 14.7 Å². The number of hydrogen-bond donors (Lipinski definition) is 3. The number of aliphatic hydroxyl groups is 1. The minimum Gasteiger partial charge on any atom is -0.392 e. The van der Waals surface area contributed by atoms with Crippen LogP contribution in [-0.2, 0) is 9.59 Å². The fraction of sp³-hybridized carbons (Fsp3) is 0.429. The number of carbonyl (C=O) groups is 2. The molecule has 4 N–H and O–H groups in total. The number of likely N-dealkylation sites (tertiary alicyclic amines) is 1. The molecule has 1 aromatic rings. The molecule has 0 spiro atoms. The van der Waals surface area contributed by atoms with Crippen LogP contribution in [0.25, 0.3) is 0 Å². The summed E-state index contributed by atoms with van der Waals surface area (Å²) in [4.78, 5) is 25.0.